The van der Waals surface area contributed by atoms with Gasteiger partial charge in [-0.25, -0.2) is 4.79 Å². The number of carboxylic acids is 1. The van der Waals surface area contributed by atoms with Gasteiger partial charge in [-0.15, -0.1) is 0 Å². The molecule has 1 N–H and O–H groups in total. The number of carboxylic acid groups (broad SMARTS) is 1. The van der Waals surface area contributed by atoms with Gasteiger partial charge in [-0.2, -0.15) is 0 Å². The molecule has 0 bridgehead atoms. The van der Waals surface area contributed by atoms with E-state index in [1.165, 1.54) is 4.90 Å². The topological polar surface area (TPSA) is 66.8 Å². The Morgan fingerprint density at radius 1 is 1.26 bits per heavy atom. The van der Waals surface area contributed by atoms with Gasteiger partial charge in [-0.05, 0) is 31.4 Å². The van der Waals surface area contributed by atoms with Gasteiger partial charge >= 0.3 is 5.97 Å². The Balaban J connectivity index is 1.93. The number of hydrogen-bond acceptors (Lipinski definition) is 3. The fourth-order valence-corrected chi connectivity index (χ4v) is 2.23. The van der Waals surface area contributed by atoms with Crippen LogP contribution < -0.4 is 4.74 Å². The van der Waals surface area contributed by atoms with Gasteiger partial charge in [0.25, 0.3) is 5.91 Å². The summed E-state index contributed by atoms with van der Waals surface area (Å²) in [7, 11) is 0. The summed E-state index contributed by atoms with van der Waals surface area (Å²) in [6.07, 6.45) is 2.22. The monoisotopic (exact) mass is 263 g/mol. The molecule has 0 aromatic heterocycles. The highest BCUT2D eigenvalue weighted by atomic mass is 16.5. The average molecular weight is 263 g/mol. The lowest BCUT2D eigenvalue weighted by Gasteiger charge is -2.32. The van der Waals surface area contributed by atoms with Crippen molar-refractivity contribution in [1.29, 1.82) is 0 Å². The smallest absolute Gasteiger partial charge is 0.326 e. The summed E-state index contributed by atoms with van der Waals surface area (Å²) in [4.78, 5) is 24.5. The molecular formula is C14H17NO4. The van der Waals surface area contributed by atoms with E-state index in [0.29, 0.717) is 18.7 Å². The molecule has 0 saturated carbocycles. The molecule has 1 fully saturated rings. The van der Waals surface area contributed by atoms with Gasteiger partial charge in [0.2, 0.25) is 0 Å². The molecule has 1 aliphatic heterocycles. The zero-order valence-electron chi connectivity index (χ0n) is 10.6. The summed E-state index contributed by atoms with van der Waals surface area (Å²) in [5, 5.41) is 9.11. The molecule has 0 aliphatic carbocycles. The van der Waals surface area contributed by atoms with Crippen LogP contribution in [-0.2, 0) is 9.59 Å². The quantitative estimate of drug-likeness (QED) is 0.894. The van der Waals surface area contributed by atoms with E-state index in [9.17, 15) is 9.59 Å². The van der Waals surface area contributed by atoms with E-state index >= 15 is 0 Å². The Morgan fingerprint density at radius 2 is 2.00 bits per heavy atom. The van der Waals surface area contributed by atoms with Gasteiger partial charge in [0.1, 0.15) is 11.8 Å². The molecule has 1 heterocycles. The summed E-state index contributed by atoms with van der Waals surface area (Å²) in [5.74, 6) is -0.594. The van der Waals surface area contributed by atoms with Crippen LogP contribution in [0.15, 0.2) is 30.3 Å². The van der Waals surface area contributed by atoms with Gasteiger partial charge < -0.3 is 14.7 Å². The second-order valence-corrected chi connectivity index (χ2v) is 4.54. The summed E-state index contributed by atoms with van der Waals surface area (Å²) in [6, 6.07) is 8.32. The molecule has 0 spiro atoms. The first kappa shape index (κ1) is 13.4. The normalized spacial score (nSPS) is 18.9. The van der Waals surface area contributed by atoms with Crippen LogP contribution in [0.2, 0.25) is 0 Å². The zero-order valence-corrected chi connectivity index (χ0v) is 10.6. The number of rotatable bonds is 4. The molecule has 0 radical (unpaired) electrons. The number of carbonyl (C=O) groups excluding carboxylic acids is 1. The second-order valence-electron chi connectivity index (χ2n) is 4.54. The Labute approximate surface area is 111 Å². The van der Waals surface area contributed by atoms with Gasteiger partial charge in [0.15, 0.2) is 6.61 Å². The number of benzene rings is 1. The minimum Gasteiger partial charge on any atom is -0.484 e. The first-order valence-corrected chi connectivity index (χ1v) is 6.38. The number of para-hydroxylation sites is 1. The van der Waals surface area contributed by atoms with Crippen molar-refractivity contribution in [2.24, 2.45) is 0 Å². The number of likely N-dealkylation sites (tertiary alicyclic amines) is 1. The van der Waals surface area contributed by atoms with E-state index < -0.39 is 12.0 Å². The van der Waals surface area contributed by atoms with Crippen LogP contribution in [0, 0.1) is 0 Å². The van der Waals surface area contributed by atoms with Crippen molar-refractivity contribution >= 4 is 11.9 Å². The number of amides is 1. The van der Waals surface area contributed by atoms with E-state index in [0.717, 1.165) is 12.8 Å². The highest BCUT2D eigenvalue weighted by Gasteiger charge is 2.31. The molecule has 5 heteroatoms. The molecule has 1 aromatic carbocycles. The largest absolute Gasteiger partial charge is 0.484 e. The van der Waals surface area contributed by atoms with Crippen LogP contribution in [0.4, 0.5) is 0 Å². The fourth-order valence-electron chi connectivity index (χ4n) is 2.23. The van der Waals surface area contributed by atoms with E-state index in [4.69, 9.17) is 9.84 Å². The van der Waals surface area contributed by atoms with E-state index in [1.807, 2.05) is 18.2 Å². The lowest BCUT2D eigenvalue weighted by molar-refractivity contribution is -0.152. The number of hydrogen-bond donors (Lipinski definition) is 1. The Kier molecular flexibility index (Phi) is 4.39. The maximum Gasteiger partial charge on any atom is 0.326 e. The Hall–Kier alpha value is -2.04. The first-order chi connectivity index (χ1) is 9.18. The molecule has 1 amide bonds. The van der Waals surface area contributed by atoms with Gasteiger partial charge in [-0.3, -0.25) is 4.79 Å². The number of ether oxygens (including phenoxy) is 1. The van der Waals surface area contributed by atoms with Crippen LogP contribution in [0.25, 0.3) is 0 Å². The standard InChI is InChI=1S/C14H17NO4/c16-13(10-19-11-6-2-1-3-7-11)15-9-5-4-8-12(15)14(17)18/h1-3,6-7,12H,4-5,8-10H2,(H,17,18). The van der Waals surface area contributed by atoms with Crippen molar-refractivity contribution in [2.45, 2.75) is 25.3 Å². The minimum absolute atomic E-state index is 0.117. The molecule has 1 atom stereocenters. The van der Waals surface area contributed by atoms with Crippen molar-refractivity contribution in [3.8, 4) is 5.75 Å². The van der Waals surface area contributed by atoms with Crippen molar-refractivity contribution in [2.75, 3.05) is 13.2 Å². The lowest BCUT2D eigenvalue weighted by Crippen LogP contribution is -2.49. The predicted molar refractivity (Wildman–Crippen MR) is 68.9 cm³/mol. The van der Waals surface area contributed by atoms with Crippen molar-refractivity contribution in [3.63, 3.8) is 0 Å². The average Bonchev–Trinajstić information content (AvgIpc) is 2.46. The zero-order chi connectivity index (χ0) is 13.7. The molecule has 102 valence electrons. The number of carbonyl (C=O) groups is 2. The first-order valence-electron chi connectivity index (χ1n) is 6.38. The number of aliphatic carboxylic acids is 1. The molecular weight excluding hydrogens is 246 g/mol. The summed E-state index contributed by atoms with van der Waals surface area (Å²) in [5.41, 5.74) is 0. The lowest BCUT2D eigenvalue weighted by atomic mass is 10.0. The number of piperidine rings is 1. The molecule has 5 nitrogen and oxygen atoms in total. The molecule has 1 saturated heterocycles. The highest BCUT2D eigenvalue weighted by molar-refractivity contribution is 5.84. The third kappa shape index (κ3) is 3.47. The molecule has 1 aromatic rings. The Morgan fingerprint density at radius 3 is 2.68 bits per heavy atom. The van der Waals surface area contributed by atoms with Gasteiger partial charge in [-0.1, -0.05) is 18.2 Å². The Bertz CT molecular complexity index is 446. The van der Waals surface area contributed by atoms with Crippen LogP contribution >= 0.6 is 0 Å². The summed E-state index contributed by atoms with van der Waals surface area (Å²) < 4.78 is 5.36. The predicted octanol–water partition coefficient (Wildman–Crippen LogP) is 1.53. The van der Waals surface area contributed by atoms with Crippen molar-refractivity contribution < 1.29 is 19.4 Å². The minimum atomic E-state index is -0.937. The highest BCUT2D eigenvalue weighted by Crippen LogP contribution is 2.18. The third-order valence-electron chi connectivity index (χ3n) is 3.21. The SMILES string of the molecule is O=C(O)C1CCCCN1C(=O)COc1ccccc1. The number of nitrogens with zero attached hydrogens (tertiary/aromatic N) is 1. The fraction of sp³-hybridized carbons (Fsp3) is 0.429. The molecule has 1 unspecified atom stereocenters. The van der Waals surface area contributed by atoms with Crippen molar-refractivity contribution in [1.82, 2.24) is 4.90 Å². The molecule has 1 aliphatic rings. The third-order valence-corrected chi connectivity index (χ3v) is 3.21. The van der Waals surface area contributed by atoms with Crippen LogP contribution in [0.3, 0.4) is 0 Å². The van der Waals surface area contributed by atoms with E-state index in [-0.39, 0.29) is 12.5 Å². The maximum atomic E-state index is 12.0. The van der Waals surface area contributed by atoms with Crippen LogP contribution in [0.1, 0.15) is 19.3 Å². The van der Waals surface area contributed by atoms with Crippen LogP contribution in [-0.4, -0.2) is 41.1 Å². The molecule has 2 rings (SSSR count). The van der Waals surface area contributed by atoms with E-state index in [1.54, 1.807) is 12.1 Å². The maximum absolute atomic E-state index is 12.0. The summed E-state index contributed by atoms with van der Waals surface area (Å²) in [6.45, 7) is 0.377. The van der Waals surface area contributed by atoms with Gasteiger partial charge in [0.05, 0.1) is 0 Å². The second kappa shape index (κ2) is 6.22. The van der Waals surface area contributed by atoms with Gasteiger partial charge in [0, 0.05) is 6.54 Å². The summed E-state index contributed by atoms with van der Waals surface area (Å²) >= 11 is 0. The van der Waals surface area contributed by atoms with E-state index in [2.05, 4.69) is 0 Å². The van der Waals surface area contributed by atoms with Crippen LogP contribution in [0.5, 0.6) is 5.75 Å². The molecule has 19 heavy (non-hydrogen) atoms. The van der Waals surface area contributed by atoms with Crippen molar-refractivity contribution in [3.05, 3.63) is 30.3 Å².